The molecule has 1 aliphatic rings. The molecule has 0 radical (unpaired) electrons. The van der Waals surface area contributed by atoms with Crippen molar-refractivity contribution in [2.45, 2.75) is 32.6 Å². The highest BCUT2D eigenvalue weighted by Crippen LogP contribution is 2.24. The third kappa shape index (κ3) is 3.81. The zero-order valence-corrected chi connectivity index (χ0v) is 9.34. The van der Waals surface area contributed by atoms with E-state index in [0.29, 0.717) is 0 Å². The van der Waals surface area contributed by atoms with Gasteiger partial charge in [-0.25, -0.2) is 0 Å². The molecular weight excluding hydrogens is 174 g/mol. The Kier molecular flexibility index (Phi) is 5.20. The summed E-state index contributed by atoms with van der Waals surface area (Å²) in [6.07, 6.45) is 4.52. The fourth-order valence-corrected chi connectivity index (χ4v) is 2.18. The Balaban J connectivity index is 2.18. The average Bonchev–Trinajstić information content (AvgIpc) is 2.19. The van der Waals surface area contributed by atoms with Gasteiger partial charge >= 0.3 is 0 Å². The first-order valence-electron chi connectivity index (χ1n) is 5.76. The molecule has 0 unspecified atom stereocenters. The summed E-state index contributed by atoms with van der Waals surface area (Å²) in [7, 11) is 0. The Bertz CT molecular complexity index is 171. The van der Waals surface area contributed by atoms with Gasteiger partial charge in [0.2, 0.25) is 0 Å². The normalized spacial score (nSPS) is 19.9. The number of hydrogen-bond acceptors (Lipinski definition) is 2. The summed E-state index contributed by atoms with van der Waals surface area (Å²) in [6, 6.07) is 0. The maximum Gasteiger partial charge on any atom is 0.0468 e. The van der Waals surface area contributed by atoms with Crippen LogP contribution in [0.3, 0.4) is 0 Å². The molecule has 0 aromatic rings. The molecule has 1 fully saturated rings. The molecular formula is C12H23NO. The molecule has 1 saturated heterocycles. The van der Waals surface area contributed by atoms with E-state index in [2.05, 4.69) is 18.4 Å². The van der Waals surface area contributed by atoms with E-state index < -0.39 is 0 Å². The molecule has 2 heteroatoms. The van der Waals surface area contributed by atoms with Crippen molar-refractivity contribution in [2.24, 2.45) is 5.92 Å². The van der Waals surface area contributed by atoms with E-state index in [0.717, 1.165) is 18.8 Å². The number of piperidine rings is 1. The number of aliphatic hydroxyl groups excluding tert-OH is 1. The summed E-state index contributed by atoms with van der Waals surface area (Å²) < 4.78 is 0. The predicted molar refractivity (Wildman–Crippen MR) is 60.3 cm³/mol. The van der Waals surface area contributed by atoms with Crippen LogP contribution in [0.4, 0.5) is 0 Å². The largest absolute Gasteiger partial charge is 0.396 e. The molecule has 0 atom stereocenters. The van der Waals surface area contributed by atoms with Crippen molar-refractivity contribution in [3.8, 4) is 0 Å². The molecule has 0 spiro atoms. The molecule has 82 valence electrons. The minimum absolute atomic E-state index is 0.257. The van der Waals surface area contributed by atoms with Crippen LogP contribution < -0.4 is 0 Å². The maximum absolute atomic E-state index is 8.78. The third-order valence-electron chi connectivity index (χ3n) is 3.20. The van der Waals surface area contributed by atoms with Crippen molar-refractivity contribution in [1.82, 2.24) is 4.90 Å². The SMILES string of the molecule is C=C(CCO)CC1CCN(CC)CC1. The first-order valence-corrected chi connectivity index (χ1v) is 5.76. The summed E-state index contributed by atoms with van der Waals surface area (Å²) in [5, 5.41) is 8.78. The van der Waals surface area contributed by atoms with Crippen LogP contribution in [-0.4, -0.2) is 36.2 Å². The van der Waals surface area contributed by atoms with Crippen molar-refractivity contribution in [3.05, 3.63) is 12.2 Å². The van der Waals surface area contributed by atoms with Gasteiger partial charge in [-0.3, -0.25) is 0 Å². The van der Waals surface area contributed by atoms with E-state index in [-0.39, 0.29) is 6.61 Å². The lowest BCUT2D eigenvalue weighted by atomic mass is 9.90. The third-order valence-corrected chi connectivity index (χ3v) is 3.20. The topological polar surface area (TPSA) is 23.5 Å². The molecule has 2 nitrogen and oxygen atoms in total. The molecule has 0 aliphatic carbocycles. The first kappa shape index (κ1) is 11.7. The second-order valence-electron chi connectivity index (χ2n) is 4.31. The van der Waals surface area contributed by atoms with Crippen molar-refractivity contribution in [1.29, 1.82) is 0 Å². The van der Waals surface area contributed by atoms with Gasteiger partial charge in [0.1, 0.15) is 0 Å². The van der Waals surface area contributed by atoms with Crippen LogP contribution in [0, 0.1) is 5.92 Å². The van der Waals surface area contributed by atoms with Crippen LogP contribution >= 0.6 is 0 Å². The molecule has 1 rings (SSSR count). The Morgan fingerprint density at radius 3 is 2.57 bits per heavy atom. The highest BCUT2D eigenvalue weighted by molar-refractivity contribution is 4.96. The fraction of sp³-hybridized carbons (Fsp3) is 0.833. The number of nitrogens with zero attached hydrogens (tertiary/aromatic N) is 1. The van der Waals surface area contributed by atoms with E-state index in [9.17, 15) is 0 Å². The average molecular weight is 197 g/mol. The Labute approximate surface area is 87.6 Å². The van der Waals surface area contributed by atoms with Gasteiger partial charge in [-0.05, 0) is 51.2 Å². The van der Waals surface area contributed by atoms with Crippen LogP contribution in [0.25, 0.3) is 0 Å². The van der Waals surface area contributed by atoms with E-state index in [4.69, 9.17) is 5.11 Å². The van der Waals surface area contributed by atoms with Crippen LogP contribution in [0.1, 0.15) is 32.6 Å². The first-order chi connectivity index (χ1) is 6.76. The molecule has 0 aromatic heterocycles. The summed E-state index contributed by atoms with van der Waals surface area (Å²) in [6.45, 7) is 10.2. The number of likely N-dealkylation sites (tertiary alicyclic amines) is 1. The van der Waals surface area contributed by atoms with Gasteiger partial charge < -0.3 is 10.0 Å². The lowest BCUT2D eigenvalue weighted by Gasteiger charge is -2.31. The van der Waals surface area contributed by atoms with Crippen molar-refractivity contribution in [3.63, 3.8) is 0 Å². The van der Waals surface area contributed by atoms with Crippen molar-refractivity contribution >= 4 is 0 Å². The summed E-state index contributed by atoms with van der Waals surface area (Å²) >= 11 is 0. The fourth-order valence-electron chi connectivity index (χ4n) is 2.18. The van der Waals surface area contributed by atoms with Gasteiger partial charge in [-0.2, -0.15) is 0 Å². The highest BCUT2D eigenvalue weighted by Gasteiger charge is 2.18. The second kappa shape index (κ2) is 6.20. The minimum atomic E-state index is 0.257. The number of hydrogen-bond donors (Lipinski definition) is 1. The smallest absolute Gasteiger partial charge is 0.0468 e. The maximum atomic E-state index is 8.78. The van der Waals surface area contributed by atoms with Crippen LogP contribution in [0.15, 0.2) is 12.2 Å². The Morgan fingerprint density at radius 1 is 1.43 bits per heavy atom. The van der Waals surface area contributed by atoms with Gasteiger partial charge in [0.15, 0.2) is 0 Å². The van der Waals surface area contributed by atoms with E-state index in [1.807, 2.05) is 0 Å². The summed E-state index contributed by atoms with van der Waals surface area (Å²) in [4.78, 5) is 2.51. The minimum Gasteiger partial charge on any atom is -0.396 e. The van der Waals surface area contributed by atoms with Gasteiger partial charge in [-0.1, -0.05) is 19.1 Å². The Hall–Kier alpha value is -0.340. The Morgan fingerprint density at radius 2 is 2.07 bits per heavy atom. The zero-order valence-electron chi connectivity index (χ0n) is 9.34. The molecule has 14 heavy (non-hydrogen) atoms. The van der Waals surface area contributed by atoms with Crippen LogP contribution in [-0.2, 0) is 0 Å². The summed E-state index contributed by atoms with van der Waals surface area (Å²) in [5.74, 6) is 0.817. The van der Waals surface area contributed by atoms with E-state index in [1.165, 1.54) is 38.0 Å². The van der Waals surface area contributed by atoms with Gasteiger partial charge in [0.25, 0.3) is 0 Å². The molecule has 1 heterocycles. The summed E-state index contributed by atoms with van der Waals surface area (Å²) in [5.41, 5.74) is 1.22. The highest BCUT2D eigenvalue weighted by atomic mass is 16.2. The second-order valence-corrected chi connectivity index (χ2v) is 4.31. The lowest BCUT2D eigenvalue weighted by molar-refractivity contribution is 0.190. The molecule has 1 N–H and O–H groups in total. The molecule has 0 amide bonds. The van der Waals surface area contributed by atoms with Gasteiger partial charge in [-0.15, -0.1) is 0 Å². The lowest BCUT2D eigenvalue weighted by Crippen LogP contribution is -2.33. The van der Waals surface area contributed by atoms with Crippen molar-refractivity contribution in [2.75, 3.05) is 26.2 Å². The van der Waals surface area contributed by atoms with Gasteiger partial charge in [0, 0.05) is 6.61 Å². The zero-order chi connectivity index (χ0) is 10.4. The molecule has 0 saturated carbocycles. The monoisotopic (exact) mass is 197 g/mol. The van der Waals surface area contributed by atoms with Gasteiger partial charge in [0.05, 0.1) is 0 Å². The van der Waals surface area contributed by atoms with E-state index in [1.54, 1.807) is 0 Å². The van der Waals surface area contributed by atoms with E-state index >= 15 is 0 Å². The quantitative estimate of drug-likeness (QED) is 0.682. The standard InChI is InChI=1S/C12H23NO/c1-3-13-7-4-12(5-8-13)10-11(2)6-9-14/h12,14H,2-10H2,1H3. The number of rotatable bonds is 5. The number of aliphatic hydroxyl groups is 1. The predicted octanol–water partition coefficient (Wildman–Crippen LogP) is 2.05. The van der Waals surface area contributed by atoms with Crippen molar-refractivity contribution < 1.29 is 5.11 Å². The molecule has 0 bridgehead atoms. The van der Waals surface area contributed by atoms with Crippen LogP contribution in [0.5, 0.6) is 0 Å². The van der Waals surface area contributed by atoms with Crippen LogP contribution in [0.2, 0.25) is 0 Å². The molecule has 0 aromatic carbocycles. The molecule has 1 aliphatic heterocycles.